The smallest absolute Gasteiger partial charge is 0.119 e. The SMILES string of the molecule is CCCOc1ccc(CNCC(O)c2ccccc2)cc1. The molecule has 0 saturated heterocycles. The molecule has 2 aromatic carbocycles. The van der Waals surface area contributed by atoms with Crippen molar-refractivity contribution in [2.75, 3.05) is 13.2 Å². The van der Waals surface area contributed by atoms with Gasteiger partial charge in [0.25, 0.3) is 0 Å². The highest BCUT2D eigenvalue weighted by atomic mass is 16.5. The molecular formula is C18H23NO2. The number of rotatable bonds is 8. The summed E-state index contributed by atoms with van der Waals surface area (Å²) in [5.41, 5.74) is 2.12. The molecule has 0 heterocycles. The van der Waals surface area contributed by atoms with Crippen LogP contribution < -0.4 is 10.1 Å². The van der Waals surface area contributed by atoms with Gasteiger partial charge in [-0.2, -0.15) is 0 Å². The highest BCUT2D eigenvalue weighted by Gasteiger charge is 2.05. The van der Waals surface area contributed by atoms with Gasteiger partial charge in [0.2, 0.25) is 0 Å². The molecule has 2 N–H and O–H groups in total. The number of nitrogens with one attached hydrogen (secondary N) is 1. The topological polar surface area (TPSA) is 41.5 Å². The van der Waals surface area contributed by atoms with E-state index in [9.17, 15) is 5.11 Å². The molecule has 0 amide bonds. The summed E-state index contributed by atoms with van der Waals surface area (Å²) in [6.07, 6.45) is 0.541. The van der Waals surface area contributed by atoms with Gasteiger partial charge in [0.1, 0.15) is 5.75 Å². The van der Waals surface area contributed by atoms with Crippen molar-refractivity contribution in [2.45, 2.75) is 26.0 Å². The van der Waals surface area contributed by atoms with E-state index in [1.165, 1.54) is 5.56 Å². The Hall–Kier alpha value is -1.84. The monoisotopic (exact) mass is 285 g/mol. The standard InChI is InChI=1S/C18H23NO2/c1-2-12-21-17-10-8-15(9-11-17)13-19-14-18(20)16-6-4-3-5-7-16/h3-11,18-20H,2,12-14H2,1H3. The minimum atomic E-state index is -0.474. The van der Waals surface area contributed by atoms with Gasteiger partial charge in [-0.15, -0.1) is 0 Å². The third-order valence-electron chi connectivity index (χ3n) is 3.25. The van der Waals surface area contributed by atoms with E-state index in [0.29, 0.717) is 6.54 Å². The molecular weight excluding hydrogens is 262 g/mol. The lowest BCUT2D eigenvalue weighted by Gasteiger charge is -2.12. The first kappa shape index (κ1) is 15.5. The zero-order valence-electron chi connectivity index (χ0n) is 12.5. The summed E-state index contributed by atoms with van der Waals surface area (Å²) in [4.78, 5) is 0. The van der Waals surface area contributed by atoms with Gasteiger partial charge in [-0.1, -0.05) is 49.4 Å². The number of aliphatic hydroxyl groups excluding tert-OH is 1. The average Bonchev–Trinajstić information content (AvgIpc) is 2.55. The Morgan fingerprint density at radius 2 is 1.76 bits per heavy atom. The van der Waals surface area contributed by atoms with Crippen LogP contribution in [0.4, 0.5) is 0 Å². The van der Waals surface area contributed by atoms with Gasteiger partial charge in [-0.3, -0.25) is 0 Å². The lowest BCUT2D eigenvalue weighted by Crippen LogP contribution is -2.21. The second-order valence-electron chi connectivity index (χ2n) is 5.05. The van der Waals surface area contributed by atoms with Crippen LogP contribution in [0.25, 0.3) is 0 Å². The molecule has 0 aliphatic carbocycles. The quantitative estimate of drug-likeness (QED) is 0.782. The molecule has 0 saturated carbocycles. The van der Waals surface area contributed by atoms with Crippen LogP contribution in [-0.2, 0) is 6.54 Å². The predicted octanol–water partition coefficient (Wildman–Crippen LogP) is 3.30. The van der Waals surface area contributed by atoms with Crippen LogP contribution in [0.15, 0.2) is 54.6 Å². The van der Waals surface area contributed by atoms with Crippen LogP contribution >= 0.6 is 0 Å². The normalized spacial score (nSPS) is 12.1. The van der Waals surface area contributed by atoms with E-state index < -0.39 is 6.10 Å². The van der Waals surface area contributed by atoms with Crippen molar-refractivity contribution in [3.63, 3.8) is 0 Å². The fourth-order valence-electron chi connectivity index (χ4n) is 2.07. The third kappa shape index (κ3) is 5.21. The Balaban J connectivity index is 1.75. The molecule has 112 valence electrons. The highest BCUT2D eigenvalue weighted by Crippen LogP contribution is 2.13. The van der Waals surface area contributed by atoms with Crippen molar-refractivity contribution >= 4 is 0 Å². The summed E-state index contributed by atoms with van der Waals surface area (Å²) in [6.45, 7) is 4.12. The van der Waals surface area contributed by atoms with E-state index in [1.54, 1.807) is 0 Å². The molecule has 0 fully saturated rings. The molecule has 2 aromatic rings. The van der Waals surface area contributed by atoms with Gasteiger partial charge in [-0.05, 0) is 29.7 Å². The fourth-order valence-corrected chi connectivity index (χ4v) is 2.07. The first-order valence-corrected chi connectivity index (χ1v) is 7.45. The number of benzene rings is 2. The van der Waals surface area contributed by atoms with Crippen molar-refractivity contribution in [1.82, 2.24) is 5.32 Å². The number of ether oxygens (including phenoxy) is 1. The molecule has 0 aliphatic rings. The van der Waals surface area contributed by atoms with Crippen molar-refractivity contribution in [2.24, 2.45) is 0 Å². The third-order valence-corrected chi connectivity index (χ3v) is 3.25. The lowest BCUT2D eigenvalue weighted by atomic mass is 10.1. The summed E-state index contributed by atoms with van der Waals surface area (Å²) >= 11 is 0. The maximum absolute atomic E-state index is 10.1. The highest BCUT2D eigenvalue weighted by molar-refractivity contribution is 5.27. The molecule has 0 aliphatic heterocycles. The van der Waals surface area contributed by atoms with Crippen LogP contribution in [0.3, 0.4) is 0 Å². The predicted molar refractivity (Wildman–Crippen MR) is 85.3 cm³/mol. The van der Waals surface area contributed by atoms with Gasteiger partial charge < -0.3 is 15.2 Å². The van der Waals surface area contributed by atoms with Crippen molar-refractivity contribution in [3.8, 4) is 5.75 Å². The zero-order chi connectivity index (χ0) is 14.9. The van der Waals surface area contributed by atoms with E-state index in [4.69, 9.17) is 4.74 Å². The number of hydrogen-bond donors (Lipinski definition) is 2. The molecule has 0 aromatic heterocycles. The molecule has 1 unspecified atom stereocenters. The number of hydrogen-bond acceptors (Lipinski definition) is 3. The summed E-state index contributed by atoms with van der Waals surface area (Å²) in [5.74, 6) is 0.907. The number of aliphatic hydroxyl groups is 1. The van der Waals surface area contributed by atoms with Crippen LogP contribution in [0, 0.1) is 0 Å². The Morgan fingerprint density at radius 1 is 1.05 bits per heavy atom. The second-order valence-corrected chi connectivity index (χ2v) is 5.05. The van der Waals surface area contributed by atoms with E-state index in [0.717, 1.165) is 30.9 Å². The van der Waals surface area contributed by atoms with Crippen molar-refractivity contribution in [1.29, 1.82) is 0 Å². The van der Waals surface area contributed by atoms with Crippen molar-refractivity contribution < 1.29 is 9.84 Å². The summed E-state index contributed by atoms with van der Waals surface area (Å²) in [6, 6.07) is 17.8. The molecule has 3 nitrogen and oxygen atoms in total. The van der Waals surface area contributed by atoms with Crippen LogP contribution in [-0.4, -0.2) is 18.3 Å². The Bertz CT molecular complexity index is 511. The molecule has 0 radical (unpaired) electrons. The van der Waals surface area contributed by atoms with Gasteiger partial charge in [0.05, 0.1) is 12.7 Å². The van der Waals surface area contributed by atoms with Crippen LogP contribution in [0.5, 0.6) is 5.75 Å². The van der Waals surface area contributed by atoms with E-state index in [1.807, 2.05) is 54.6 Å². The van der Waals surface area contributed by atoms with Gasteiger partial charge in [0, 0.05) is 13.1 Å². The maximum atomic E-state index is 10.1. The minimum Gasteiger partial charge on any atom is -0.494 e. The van der Waals surface area contributed by atoms with Gasteiger partial charge >= 0.3 is 0 Å². The molecule has 3 heteroatoms. The Morgan fingerprint density at radius 3 is 2.43 bits per heavy atom. The van der Waals surface area contributed by atoms with Crippen molar-refractivity contribution in [3.05, 3.63) is 65.7 Å². The van der Waals surface area contributed by atoms with Gasteiger partial charge in [0.15, 0.2) is 0 Å². The molecule has 21 heavy (non-hydrogen) atoms. The van der Waals surface area contributed by atoms with Crippen LogP contribution in [0.2, 0.25) is 0 Å². The molecule has 0 spiro atoms. The Labute approximate surface area is 126 Å². The molecule has 0 bridgehead atoms. The molecule has 1 atom stereocenters. The first-order chi connectivity index (χ1) is 10.3. The summed E-state index contributed by atoms with van der Waals surface area (Å²) < 4.78 is 5.55. The van der Waals surface area contributed by atoms with E-state index >= 15 is 0 Å². The Kier molecular flexibility index (Phi) is 6.25. The average molecular weight is 285 g/mol. The van der Waals surface area contributed by atoms with E-state index in [2.05, 4.69) is 12.2 Å². The minimum absolute atomic E-state index is 0.474. The fraction of sp³-hybridized carbons (Fsp3) is 0.333. The first-order valence-electron chi connectivity index (χ1n) is 7.45. The maximum Gasteiger partial charge on any atom is 0.119 e. The lowest BCUT2D eigenvalue weighted by molar-refractivity contribution is 0.174. The molecule has 2 rings (SSSR count). The van der Waals surface area contributed by atoms with Crippen LogP contribution in [0.1, 0.15) is 30.6 Å². The largest absolute Gasteiger partial charge is 0.494 e. The summed E-state index contributed by atoms with van der Waals surface area (Å²) in [7, 11) is 0. The second kappa shape index (κ2) is 8.45. The van der Waals surface area contributed by atoms with Gasteiger partial charge in [-0.25, -0.2) is 0 Å². The zero-order valence-corrected chi connectivity index (χ0v) is 12.5. The van der Waals surface area contributed by atoms with E-state index in [-0.39, 0.29) is 0 Å². The summed E-state index contributed by atoms with van der Waals surface area (Å²) in [5, 5.41) is 13.3.